The molecule has 0 bridgehead atoms. The van der Waals surface area contributed by atoms with Crippen molar-refractivity contribution in [3.05, 3.63) is 72.8 Å². The Hall–Kier alpha value is -3.85. The third-order valence-corrected chi connectivity index (χ3v) is 5.86. The van der Waals surface area contributed by atoms with Gasteiger partial charge in [-0.15, -0.1) is 0 Å². The maximum absolute atomic E-state index is 12.9. The third kappa shape index (κ3) is 4.36. The van der Waals surface area contributed by atoms with Gasteiger partial charge in [0.1, 0.15) is 0 Å². The average Bonchev–Trinajstić information content (AvgIpc) is 2.79. The van der Waals surface area contributed by atoms with Gasteiger partial charge >= 0.3 is 0 Å². The zero-order valence-electron chi connectivity index (χ0n) is 16.9. The molecule has 1 heterocycles. The SMILES string of the molecule is COc1ccc(Nc2nc3ccccc3nc2NS(=O)(=O)c2ccccc2)cc1OC. The standard InChI is InChI=1S/C22H20N4O4S/c1-29-19-13-12-15(14-20(19)30-2)23-21-22(25-18-11-7-6-10-17(18)24-21)26-31(27,28)16-8-4-3-5-9-16/h3-14H,1-2H3,(H,23,24)(H,25,26). The first-order valence-electron chi connectivity index (χ1n) is 9.34. The normalized spacial score (nSPS) is 11.2. The summed E-state index contributed by atoms with van der Waals surface area (Å²) in [5.74, 6) is 1.43. The molecule has 0 atom stereocenters. The van der Waals surface area contributed by atoms with Gasteiger partial charge in [-0.25, -0.2) is 18.4 Å². The number of methoxy groups -OCH3 is 2. The molecule has 0 aliphatic carbocycles. The molecule has 0 unspecified atom stereocenters. The number of hydrogen-bond acceptors (Lipinski definition) is 7. The fraction of sp³-hybridized carbons (Fsp3) is 0.0909. The molecule has 1 aromatic heterocycles. The van der Waals surface area contributed by atoms with E-state index in [1.54, 1.807) is 55.6 Å². The maximum atomic E-state index is 12.9. The van der Waals surface area contributed by atoms with Crippen LogP contribution in [0.25, 0.3) is 11.0 Å². The molecule has 8 nitrogen and oxygen atoms in total. The highest BCUT2D eigenvalue weighted by atomic mass is 32.2. The molecule has 0 radical (unpaired) electrons. The average molecular weight is 436 g/mol. The van der Waals surface area contributed by atoms with Crippen molar-refractivity contribution in [3.63, 3.8) is 0 Å². The zero-order valence-corrected chi connectivity index (χ0v) is 17.7. The van der Waals surface area contributed by atoms with E-state index in [1.807, 2.05) is 12.1 Å². The van der Waals surface area contributed by atoms with E-state index in [-0.39, 0.29) is 16.5 Å². The summed E-state index contributed by atoms with van der Waals surface area (Å²) in [6, 6.07) is 20.5. The lowest BCUT2D eigenvalue weighted by molar-refractivity contribution is 0.355. The summed E-state index contributed by atoms with van der Waals surface area (Å²) in [6.45, 7) is 0. The number of nitrogens with zero attached hydrogens (tertiary/aromatic N) is 2. The Bertz CT molecular complexity index is 1330. The van der Waals surface area contributed by atoms with E-state index in [0.29, 0.717) is 28.2 Å². The number of benzene rings is 3. The maximum Gasteiger partial charge on any atom is 0.263 e. The van der Waals surface area contributed by atoms with Gasteiger partial charge in [0.15, 0.2) is 23.1 Å². The fourth-order valence-electron chi connectivity index (χ4n) is 2.99. The van der Waals surface area contributed by atoms with Crippen molar-refractivity contribution < 1.29 is 17.9 Å². The van der Waals surface area contributed by atoms with Crippen LogP contribution in [0.15, 0.2) is 77.7 Å². The first-order valence-corrected chi connectivity index (χ1v) is 10.8. The Labute approximate surface area is 179 Å². The lowest BCUT2D eigenvalue weighted by Gasteiger charge is -2.15. The topological polar surface area (TPSA) is 102 Å². The van der Waals surface area contributed by atoms with E-state index in [9.17, 15) is 8.42 Å². The summed E-state index contributed by atoms with van der Waals surface area (Å²) in [7, 11) is -0.767. The molecular formula is C22H20N4O4S. The molecular weight excluding hydrogens is 416 g/mol. The molecule has 0 amide bonds. The Kier molecular flexibility index (Phi) is 5.59. The van der Waals surface area contributed by atoms with E-state index < -0.39 is 10.0 Å². The number of aromatic nitrogens is 2. The van der Waals surface area contributed by atoms with Crippen LogP contribution in [0, 0.1) is 0 Å². The van der Waals surface area contributed by atoms with Crippen molar-refractivity contribution in [1.82, 2.24) is 9.97 Å². The van der Waals surface area contributed by atoms with E-state index >= 15 is 0 Å². The van der Waals surface area contributed by atoms with Gasteiger partial charge in [0.2, 0.25) is 0 Å². The number of ether oxygens (including phenoxy) is 2. The van der Waals surface area contributed by atoms with E-state index in [2.05, 4.69) is 20.0 Å². The van der Waals surface area contributed by atoms with Gasteiger partial charge in [0.05, 0.1) is 30.1 Å². The summed E-state index contributed by atoms with van der Waals surface area (Å²) in [5.41, 5.74) is 1.81. The van der Waals surface area contributed by atoms with Gasteiger partial charge in [-0.05, 0) is 36.4 Å². The summed E-state index contributed by atoms with van der Waals surface area (Å²) in [4.78, 5) is 9.19. The molecule has 0 saturated carbocycles. The fourth-order valence-corrected chi connectivity index (χ4v) is 4.03. The number of hydrogen-bond donors (Lipinski definition) is 2. The predicted molar refractivity (Wildman–Crippen MR) is 120 cm³/mol. The van der Waals surface area contributed by atoms with Gasteiger partial charge in [-0.1, -0.05) is 30.3 Å². The van der Waals surface area contributed by atoms with Crippen molar-refractivity contribution in [2.24, 2.45) is 0 Å². The van der Waals surface area contributed by atoms with Crippen molar-refractivity contribution in [1.29, 1.82) is 0 Å². The van der Waals surface area contributed by atoms with Crippen LogP contribution in [0.4, 0.5) is 17.3 Å². The highest BCUT2D eigenvalue weighted by Gasteiger charge is 2.19. The molecule has 2 N–H and O–H groups in total. The second-order valence-corrected chi connectivity index (χ2v) is 8.21. The molecule has 0 spiro atoms. The van der Waals surface area contributed by atoms with E-state index in [4.69, 9.17) is 9.47 Å². The highest BCUT2D eigenvalue weighted by Crippen LogP contribution is 2.33. The largest absolute Gasteiger partial charge is 0.493 e. The van der Waals surface area contributed by atoms with Crippen molar-refractivity contribution in [3.8, 4) is 11.5 Å². The molecule has 4 aromatic rings. The van der Waals surface area contributed by atoms with Gasteiger partial charge in [0, 0.05) is 11.8 Å². The van der Waals surface area contributed by atoms with Crippen LogP contribution in [0.1, 0.15) is 0 Å². The van der Waals surface area contributed by atoms with E-state index in [0.717, 1.165) is 0 Å². The third-order valence-electron chi connectivity index (χ3n) is 4.50. The van der Waals surface area contributed by atoms with E-state index in [1.165, 1.54) is 19.2 Å². The first-order chi connectivity index (χ1) is 15.0. The molecule has 0 aliphatic heterocycles. The first kappa shape index (κ1) is 20.4. The molecule has 0 fully saturated rings. The van der Waals surface area contributed by atoms with Crippen molar-refractivity contribution in [2.45, 2.75) is 4.90 Å². The molecule has 0 aliphatic rings. The summed E-state index contributed by atoms with van der Waals surface area (Å²) in [6.07, 6.45) is 0. The Morgan fingerprint density at radius 3 is 2.00 bits per heavy atom. The Morgan fingerprint density at radius 2 is 1.35 bits per heavy atom. The second-order valence-electron chi connectivity index (χ2n) is 6.52. The van der Waals surface area contributed by atoms with Crippen LogP contribution < -0.4 is 19.5 Å². The van der Waals surface area contributed by atoms with Crippen molar-refractivity contribution >= 4 is 38.4 Å². The second kappa shape index (κ2) is 8.49. The lowest BCUT2D eigenvalue weighted by Crippen LogP contribution is -2.16. The van der Waals surface area contributed by atoms with Gasteiger partial charge in [-0.2, -0.15) is 0 Å². The number of fused-ring (bicyclic) bond motifs is 1. The van der Waals surface area contributed by atoms with Gasteiger partial charge < -0.3 is 14.8 Å². The minimum atomic E-state index is -3.86. The highest BCUT2D eigenvalue weighted by molar-refractivity contribution is 7.92. The number of sulfonamides is 1. The Balaban J connectivity index is 1.77. The zero-order chi connectivity index (χ0) is 21.8. The Morgan fingerprint density at radius 1 is 0.742 bits per heavy atom. The summed E-state index contributed by atoms with van der Waals surface area (Å²) in [5, 5.41) is 3.13. The van der Waals surface area contributed by atoms with Crippen LogP contribution in [0.2, 0.25) is 0 Å². The summed E-state index contributed by atoms with van der Waals surface area (Å²) >= 11 is 0. The molecule has 158 valence electrons. The molecule has 3 aromatic carbocycles. The van der Waals surface area contributed by atoms with Crippen molar-refractivity contribution in [2.75, 3.05) is 24.3 Å². The minimum Gasteiger partial charge on any atom is -0.493 e. The summed E-state index contributed by atoms with van der Waals surface area (Å²) < 4.78 is 38.9. The lowest BCUT2D eigenvalue weighted by atomic mass is 10.2. The van der Waals surface area contributed by atoms with Gasteiger partial charge in [0.25, 0.3) is 10.0 Å². The minimum absolute atomic E-state index is 0.0809. The molecule has 0 saturated heterocycles. The van der Waals surface area contributed by atoms with Crippen LogP contribution in [-0.2, 0) is 10.0 Å². The molecule has 31 heavy (non-hydrogen) atoms. The van der Waals surface area contributed by atoms with Crippen LogP contribution in [-0.4, -0.2) is 32.6 Å². The number of nitrogens with one attached hydrogen (secondary N) is 2. The molecule has 4 rings (SSSR count). The molecule has 9 heteroatoms. The monoisotopic (exact) mass is 436 g/mol. The smallest absolute Gasteiger partial charge is 0.263 e. The van der Waals surface area contributed by atoms with Crippen LogP contribution >= 0.6 is 0 Å². The van der Waals surface area contributed by atoms with Crippen LogP contribution in [0.5, 0.6) is 11.5 Å². The number of para-hydroxylation sites is 2. The quantitative estimate of drug-likeness (QED) is 0.448. The van der Waals surface area contributed by atoms with Crippen LogP contribution in [0.3, 0.4) is 0 Å². The van der Waals surface area contributed by atoms with Gasteiger partial charge in [-0.3, -0.25) is 4.72 Å². The predicted octanol–water partition coefficient (Wildman–Crippen LogP) is 4.19. The number of rotatable bonds is 7. The number of anilines is 3.